The molecule has 2 fully saturated rings. The lowest BCUT2D eigenvalue weighted by molar-refractivity contribution is -0.141. The van der Waals surface area contributed by atoms with E-state index in [2.05, 4.69) is 5.32 Å². The lowest BCUT2D eigenvalue weighted by atomic mass is 10.0. The number of primary amides is 1. The molecule has 3 N–H and O–H groups in total. The first kappa shape index (κ1) is 14.3. The Morgan fingerprint density at radius 2 is 2.00 bits per heavy atom. The number of nitrogens with zero attached hydrogens (tertiary/aromatic N) is 1. The third kappa shape index (κ3) is 3.25. The van der Waals surface area contributed by atoms with Crippen LogP contribution in [0.3, 0.4) is 0 Å². The van der Waals surface area contributed by atoms with Crippen molar-refractivity contribution >= 4 is 11.8 Å². The van der Waals surface area contributed by atoms with Gasteiger partial charge in [-0.25, -0.2) is 0 Å². The van der Waals surface area contributed by atoms with E-state index in [1.165, 1.54) is 0 Å². The molecule has 19 heavy (non-hydrogen) atoms. The molecule has 1 saturated carbocycles. The van der Waals surface area contributed by atoms with Crippen LogP contribution < -0.4 is 11.1 Å². The summed E-state index contributed by atoms with van der Waals surface area (Å²) in [6.07, 6.45) is 4.17. The Bertz CT molecular complexity index is 342. The zero-order chi connectivity index (χ0) is 13.8. The van der Waals surface area contributed by atoms with Crippen molar-refractivity contribution in [2.45, 2.75) is 37.8 Å². The monoisotopic (exact) mass is 269 g/mol. The molecular weight excluding hydrogens is 246 g/mol. The zero-order valence-electron chi connectivity index (χ0n) is 11.4. The predicted octanol–water partition coefficient (Wildman–Crippen LogP) is -0.523. The Balaban J connectivity index is 2.07. The highest BCUT2D eigenvalue weighted by Gasteiger charge is 2.38. The van der Waals surface area contributed by atoms with E-state index in [0.29, 0.717) is 13.2 Å². The summed E-state index contributed by atoms with van der Waals surface area (Å²) in [5.41, 5.74) is 5.28. The molecule has 2 rings (SSSR count). The Morgan fingerprint density at radius 3 is 2.58 bits per heavy atom. The van der Waals surface area contributed by atoms with Crippen LogP contribution in [0.15, 0.2) is 0 Å². The number of likely N-dealkylation sites (N-methyl/N-ethyl adjacent to an activating group) is 1. The number of amides is 2. The minimum atomic E-state index is -0.444. The lowest BCUT2D eigenvalue weighted by Crippen LogP contribution is -2.50. The maximum absolute atomic E-state index is 12.6. The summed E-state index contributed by atoms with van der Waals surface area (Å²) < 4.78 is 5.37. The number of hydrogen-bond donors (Lipinski definition) is 2. The van der Waals surface area contributed by atoms with Gasteiger partial charge in [0.05, 0.1) is 25.7 Å². The minimum absolute atomic E-state index is 0.00236. The molecule has 1 aliphatic carbocycles. The van der Waals surface area contributed by atoms with Crippen molar-refractivity contribution in [2.75, 3.05) is 26.8 Å². The van der Waals surface area contributed by atoms with E-state index in [0.717, 1.165) is 25.7 Å². The molecule has 0 spiro atoms. The normalized spacial score (nSPS) is 27.6. The third-order valence-corrected chi connectivity index (χ3v) is 4.14. The van der Waals surface area contributed by atoms with Gasteiger partial charge in [0.1, 0.15) is 0 Å². The SMILES string of the molecule is CNC1COCC1C(=O)N(CC(N)=O)C1CCCC1. The Kier molecular flexibility index (Phi) is 4.76. The maximum Gasteiger partial charge on any atom is 0.237 e. The van der Waals surface area contributed by atoms with Crippen molar-refractivity contribution in [1.82, 2.24) is 10.2 Å². The summed E-state index contributed by atoms with van der Waals surface area (Å²) in [5, 5.41) is 3.10. The topological polar surface area (TPSA) is 84.7 Å². The number of nitrogens with two attached hydrogens (primary N) is 1. The van der Waals surface area contributed by atoms with Gasteiger partial charge in [-0.05, 0) is 19.9 Å². The van der Waals surface area contributed by atoms with Crippen LogP contribution >= 0.6 is 0 Å². The first-order valence-corrected chi connectivity index (χ1v) is 6.97. The van der Waals surface area contributed by atoms with E-state index >= 15 is 0 Å². The molecule has 6 heteroatoms. The summed E-state index contributed by atoms with van der Waals surface area (Å²) in [6.45, 7) is 0.991. The highest BCUT2D eigenvalue weighted by Crippen LogP contribution is 2.26. The highest BCUT2D eigenvalue weighted by molar-refractivity contribution is 5.86. The first-order chi connectivity index (χ1) is 9.13. The van der Waals surface area contributed by atoms with Crippen molar-refractivity contribution in [2.24, 2.45) is 11.7 Å². The number of hydrogen-bond acceptors (Lipinski definition) is 4. The van der Waals surface area contributed by atoms with Gasteiger partial charge in [0.15, 0.2) is 0 Å². The second-order valence-electron chi connectivity index (χ2n) is 5.41. The van der Waals surface area contributed by atoms with Gasteiger partial charge in [0.2, 0.25) is 11.8 Å². The molecular formula is C13H23N3O3. The molecule has 2 unspecified atom stereocenters. The van der Waals surface area contributed by atoms with Gasteiger partial charge < -0.3 is 20.7 Å². The van der Waals surface area contributed by atoms with E-state index in [9.17, 15) is 9.59 Å². The molecule has 1 aliphatic heterocycles. The molecule has 2 amide bonds. The van der Waals surface area contributed by atoms with Crippen molar-refractivity contribution in [1.29, 1.82) is 0 Å². The highest BCUT2D eigenvalue weighted by atomic mass is 16.5. The maximum atomic E-state index is 12.6. The van der Waals surface area contributed by atoms with Gasteiger partial charge in [-0.1, -0.05) is 12.8 Å². The fraction of sp³-hybridized carbons (Fsp3) is 0.846. The quantitative estimate of drug-likeness (QED) is 0.703. The van der Waals surface area contributed by atoms with E-state index in [4.69, 9.17) is 10.5 Å². The van der Waals surface area contributed by atoms with Crippen molar-refractivity contribution in [3.8, 4) is 0 Å². The molecule has 1 heterocycles. The lowest BCUT2D eigenvalue weighted by Gasteiger charge is -2.31. The van der Waals surface area contributed by atoms with Crippen LogP contribution in [0.5, 0.6) is 0 Å². The van der Waals surface area contributed by atoms with Crippen LogP contribution in [0, 0.1) is 5.92 Å². The molecule has 0 aromatic heterocycles. The molecule has 0 aromatic carbocycles. The predicted molar refractivity (Wildman–Crippen MR) is 70.3 cm³/mol. The van der Waals surface area contributed by atoms with Crippen LogP contribution in [0.1, 0.15) is 25.7 Å². The summed E-state index contributed by atoms with van der Waals surface area (Å²) in [6, 6.07) is 0.197. The average Bonchev–Trinajstić information content (AvgIpc) is 3.05. The molecule has 2 atom stereocenters. The summed E-state index contributed by atoms with van der Waals surface area (Å²) in [5.74, 6) is -0.646. The van der Waals surface area contributed by atoms with E-state index in [1.54, 1.807) is 4.90 Å². The molecule has 0 bridgehead atoms. The first-order valence-electron chi connectivity index (χ1n) is 6.97. The number of rotatable bonds is 5. The van der Waals surface area contributed by atoms with Crippen LogP contribution in [-0.2, 0) is 14.3 Å². The van der Waals surface area contributed by atoms with Gasteiger partial charge >= 0.3 is 0 Å². The van der Waals surface area contributed by atoms with E-state index in [-0.39, 0.29) is 30.5 Å². The van der Waals surface area contributed by atoms with Crippen molar-refractivity contribution < 1.29 is 14.3 Å². The summed E-state index contributed by atoms with van der Waals surface area (Å²) in [4.78, 5) is 25.5. The molecule has 1 saturated heterocycles. The Morgan fingerprint density at radius 1 is 1.32 bits per heavy atom. The standard InChI is InChI=1S/C13H23N3O3/c1-15-11-8-19-7-10(11)13(18)16(6-12(14)17)9-4-2-3-5-9/h9-11,15H,2-8H2,1H3,(H2,14,17). The molecule has 2 aliphatic rings. The van der Waals surface area contributed by atoms with E-state index in [1.807, 2.05) is 7.05 Å². The second kappa shape index (κ2) is 6.34. The summed E-state index contributed by atoms with van der Waals surface area (Å²) in [7, 11) is 1.83. The van der Waals surface area contributed by atoms with E-state index < -0.39 is 5.91 Å². The van der Waals surface area contributed by atoms with Gasteiger partial charge in [-0.2, -0.15) is 0 Å². The zero-order valence-corrected chi connectivity index (χ0v) is 11.4. The largest absolute Gasteiger partial charge is 0.379 e. The minimum Gasteiger partial charge on any atom is -0.379 e. The van der Waals surface area contributed by atoms with Crippen LogP contribution in [0.2, 0.25) is 0 Å². The van der Waals surface area contributed by atoms with Crippen molar-refractivity contribution in [3.05, 3.63) is 0 Å². The van der Waals surface area contributed by atoms with Gasteiger partial charge in [0, 0.05) is 12.1 Å². The number of ether oxygens (including phenoxy) is 1. The smallest absolute Gasteiger partial charge is 0.237 e. The number of carbonyl (C=O) groups excluding carboxylic acids is 2. The van der Waals surface area contributed by atoms with Crippen LogP contribution in [-0.4, -0.2) is 55.6 Å². The summed E-state index contributed by atoms with van der Waals surface area (Å²) >= 11 is 0. The third-order valence-electron chi connectivity index (χ3n) is 4.14. The fourth-order valence-electron chi connectivity index (χ4n) is 3.07. The Labute approximate surface area is 113 Å². The van der Waals surface area contributed by atoms with Crippen LogP contribution in [0.25, 0.3) is 0 Å². The average molecular weight is 269 g/mol. The van der Waals surface area contributed by atoms with Gasteiger partial charge in [-0.3, -0.25) is 9.59 Å². The molecule has 0 radical (unpaired) electrons. The number of carbonyl (C=O) groups is 2. The second-order valence-corrected chi connectivity index (χ2v) is 5.41. The molecule has 108 valence electrons. The fourth-order valence-corrected chi connectivity index (χ4v) is 3.07. The number of nitrogens with one attached hydrogen (secondary N) is 1. The molecule has 0 aromatic rings. The van der Waals surface area contributed by atoms with Crippen LogP contribution in [0.4, 0.5) is 0 Å². The Hall–Kier alpha value is -1.14. The molecule has 6 nitrogen and oxygen atoms in total. The van der Waals surface area contributed by atoms with Gasteiger partial charge in [-0.15, -0.1) is 0 Å². The van der Waals surface area contributed by atoms with Crippen molar-refractivity contribution in [3.63, 3.8) is 0 Å². The van der Waals surface area contributed by atoms with Gasteiger partial charge in [0.25, 0.3) is 0 Å².